The van der Waals surface area contributed by atoms with Crippen LogP contribution in [-0.2, 0) is 4.79 Å². The Balaban J connectivity index is 1.41. The molecule has 1 amide bonds. The van der Waals surface area contributed by atoms with Crippen molar-refractivity contribution in [3.05, 3.63) is 11.1 Å². The minimum Gasteiger partial charge on any atom is -0.369 e. The summed E-state index contributed by atoms with van der Waals surface area (Å²) in [7, 11) is 0. The van der Waals surface area contributed by atoms with Crippen molar-refractivity contribution in [2.75, 3.05) is 0 Å². The van der Waals surface area contributed by atoms with Gasteiger partial charge in [-0.25, -0.2) is 0 Å². The molecule has 5 aliphatic rings. The number of allylic oxidation sites excluding steroid dienone is 2. The van der Waals surface area contributed by atoms with Crippen molar-refractivity contribution >= 4 is 5.91 Å². The maximum atomic E-state index is 12.0. The highest BCUT2D eigenvalue weighted by molar-refractivity contribution is 5.77. The second-order valence-electron chi connectivity index (χ2n) is 9.89. The first kappa shape index (κ1) is 16.4. The standard InChI is InChI=1S/C23H35NO/c24-23(25)22-7-3-6-16-19-11-10-17-15-5-2-1-4-14(15)8-9-18(17)20(19)12-13-21(16)22/h14-16,19-22H,1-13H2,(H2,24,25). The molecule has 0 radical (unpaired) electrons. The fourth-order valence-corrected chi connectivity index (χ4v) is 8.18. The second kappa shape index (κ2) is 6.43. The van der Waals surface area contributed by atoms with Gasteiger partial charge in [-0.05, 0) is 99.7 Å². The Morgan fingerprint density at radius 3 is 2.36 bits per heavy atom. The summed E-state index contributed by atoms with van der Waals surface area (Å²) in [4.78, 5) is 12.0. The van der Waals surface area contributed by atoms with Gasteiger partial charge in [0.15, 0.2) is 0 Å². The van der Waals surface area contributed by atoms with Crippen molar-refractivity contribution in [2.24, 2.45) is 47.2 Å². The Labute approximate surface area is 153 Å². The van der Waals surface area contributed by atoms with Crippen molar-refractivity contribution in [3.63, 3.8) is 0 Å². The van der Waals surface area contributed by atoms with Gasteiger partial charge in [0.1, 0.15) is 0 Å². The fourth-order valence-electron chi connectivity index (χ4n) is 8.18. The topological polar surface area (TPSA) is 43.1 Å². The van der Waals surface area contributed by atoms with E-state index in [9.17, 15) is 4.79 Å². The number of fused-ring (bicyclic) bond motifs is 6. The van der Waals surface area contributed by atoms with Gasteiger partial charge in [0.05, 0.1) is 0 Å². The highest BCUT2D eigenvalue weighted by atomic mass is 16.1. The van der Waals surface area contributed by atoms with E-state index in [1.165, 1.54) is 77.0 Å². The molecule has 3 fully saturated rings. The van der Waals surface area contributed by atoms with Crippen LogP contribution in [0.25, 0.3) is 0 Å². The summed E-state index contributed by atoms with van der Waals surface area (Å²) in [5.41, 5.74) is 9.65. The molecule has 2 heteroatoms. The predicted octanol–water partition coefficient (Wildman–Crippen LogP) is 5.22. The van der Waals surface area contributed by atoms with E-state index < -0.39 is 0 Å². The lowest BCUT2D eigenvalue weighted by Crippen LogP contribution is -2.47. The lowest BCUT2D eigenvalue weighted by molar-refractivity contribution is -0.127. The average Bonchev–Trinajstić information content (AvgIpc) is 2.66. The number of hydrogen-bond donors (Lipinski definition) is 1. The molecule has 25 heavy (non-hydrogen) atoms. The lowest BCUT2D eigenvalue weighted by Gasteiger charge is -2.53. The molecule has 0 spiro atoms. The van der Waals surface area contributed by atoms with Crippen LogP contribution in [0, 0.1) is 41.4 Å². The third-order valence-electron chi connectivity index (χ3n) is 9.11. The third-order valence-corrected chi connectivity index (χ3v) is 9.11. The zero-order chi connectivity index (χ0) is 17.0. The van der Waals surface area contributed by atoms with E-state index in [4.69, 9.17) is 5.73 Å². The number of amides is 1. The van der Waals surface area contributed by atoms with Crippen molar-refractivity contribution in [3.8, 4) is 0 Å². The SMILES string of the molecule is NC(=O)C1CCCC2C1CCC1C3=C(CCC12)C1CCCCC1CC3. The van der Waals surface area contributed by atoms with Gasteiger partial charge in [-0.3, -0.25) is 4.79 Å². The highest BCUT2D eigenvalue weighted by Gasteiger charge is 2.49. The van der Waals surface area contributed by atoms with E-state index in [2.05, 4.69) is 0 Å². The van der Waals surface area contributed by atoms with Gasteiger partial charge >= 0.3 is 0 Å². The van der Waals surface area contributed by atoms with Crippen molar-refractivity contribution in [1.29, 1.82) is 0 Å². The maximum absolute atomic E-state index is 12.0. The molecule has 2 N–H and O–H groups in total. The Bertz CT molecular complexity index is 579. The predicted molar refractivity (Wildman–Crippen MR) is 101 cm³/mol. The van der Waals surface area contributed by atoms with Crippen LogP contribution in [0.4, 0.5) is 0 Å². The molecule has 3 saturated carbocycles. The van der Waals surface area contributed by atoms with Crippen LogP contribution in [-0.4, -0.2) is 5.91 Å². The summed E-state index contributed by atoms with van der Waals surface area (Å²) in [5.74, 6) is 5.31. The molecular weight excluding hydrogens is 306 g/mol. The average molecular weight is 342 g/mol. The van der Waals surface area contributed by atoms with Gasteiger partial charge < -0.3 is 5.73 Å². The van der Waals surface area contributed by atoms with Crippen molar-refractivity contribution in [2.45, 2.75) is 83.5 Å². The van der Waals surface area contributed by atoms with Crippen LogP contribution < -0.4 is 5.73 Å². The summed E-state index contributed by atoms with van der Waals surface area (Å²) < 4.78 is 0. The lowest BCUT2D eigenvalue weighted by atomic mass is 9.51. The molecule has 5 rings (SSSR count). The Kier molecular flexibility index (Phi) is 4.21. The maximum Gasteiger partial charge on any atom is 0.220 e. The number of primary amides is 1. The smallest absolute Gasteiger partial charge is 0.220 e. The minimum atomic E-state index is -0.00780. The summed E-state index contributed by atoms with van der Waals surface area (Å²) in [6.45, 7) is 0. The first-order valence-electron chi connectivity index (χ1n) is 11.2. The van der Waals surface area contributed by atoms with Gasteiger partial charge in [0.25, 0.3) is 0 Å². The molecule has 138 valence electrons. The first-order chi connectivity index (χ1) is 12.2. The molecular formula is C23H35NO. The Hall–Kier alpha value is -0.790. The van der Waals surface area contributed by atoms with Crippen molar-refractivity contribution in [1.82, 2.24) is 0 Å². The summed E-state index contributed by atoms with van der Waals surface area (Å²) in [6.07, 6.45) is 17.9. The van der Waals surface area contributed by atoms with Crippen LogP contribution in [0.1, 0.15) is 83.5 Å². The molecule has 0 aliphatic heterocycles. The van der Waals surface area contributed by atoms with E-state index in [1.54, 1.807) is 0 Å². The molecule has 2 nitrogen and oxygen atoms in total. The molecule has 0 bridgehead atoms. The highest BCUT2D eigenvalue weighted by Crippen LogP contribution is 2.58. The van der Waals surface area contributed by atoms with Crippen molar-refractivity contribution < 1.29 is 4.79 Å². The van der Waals surface area contributed by atoms with Crippen LogP contribution >= 0.6 is 0 Å². The molecule has 5 aliphatic carbocycles. The normalized spacial score (nSPS) is 46.5. The largest absolute Gasteiger partial charge is 0.369 e. The van der Waals surface area contributed by atoms with Crippen LogP contribution in [0.15, 0.2) is 11.1 Å². The fraction of sp³-hybridized carbons (Fsp3) is 0.870. The summed E-state index contributed by atoms with van der Waals surface area (Å²) >= 11 is 0. The van der Waals surface area contributed by atoms with E-state index in [0.29, 0.717) is 5.92 Å². The number of hydrogen-bond acceptors (Lipinski definition) is 1. The Morgan fingerprint density at radius 1 is 0.680 bits per heavy atom. The molecule has 7 atom stereocenters. The van der Waals surface area contributed by atoms with E-state index in [1.807, 2.05) is 11.1 Å². The molecule has 0 aromatic carbocycles. The Morgan fingerprint density at radius 2 is 1.48 bits per heavy atom. The van der Waals surface area contributed by atoms with Gasteiger partial charge in [-0.1, -0.05) is 30.4 Å². The van der Waals surface area contributed by atoms with Crippen LogP contribution in [0.3, 0.4) is 0 Å². The van der Waals surface area contributed by atoms with Gasteiger partial charge in [-0.15, -0.1) is 0 Å². The van der Waals surface area contributed by atoms with Gasteiger partial charge in [-0.2, -0.15) is 0 Å². The van der Waals surface area contributed by atoms with E-state index >= 15 is 0 Å². The number of carbonyl (C=O) groups excluding carboxylic acids is 1. The number of nitrogens with two attached hydrogens (primary N) is 1. The molecule has 0 aromatic heterocycles. The monoisotopic (exact) mass is 341 g/mol. The number of rotatable bonds is 1. The zero-order valence-electron chi connectivity index (χ0n) is 15.7. The summed E-state index contributed by atoms with van der Waals surface area (Å²) in [6, 6.07) is 0. The molecule has 0 saturated heterocycles. The van der Waals surface area contributed by atoms with Crippen LogP contribution in [0.5, 0.6) is 0 Å². The summed E-state index contributed by atoms with van der Waals surface area (Å²) in [5, 5.41) is 0. The first-order valence-corrected chi connectivity index (χ1v) is 11.2. The van der Waals surface area contributed by atoms with Gasteiger partial charge in [0, 0.05) is 5.92 Å². The third kappa shape index (κ3) is 2.61. The minimum absolute atomic E-state index is 0.00780. The zero-order valence-corrected chi connectivity index (χ0v) is 15.7. The van der Waals surface area contributed by atoms with Crippen LogP contribution in [0.2, 0.25) is 0 Å². The van der Waals surface area contributed by atoms with E-state index in [-0.39, 0.29) is 11.8 Å². The quantitative estimate of drug-likeness (QED) is 0.653. The molecule has 0 aromatic rings. The number of carbonyl (C=O) groups is 1. The second-order valence-corrected chi connectivity index (χ2v) is 9.89. The van der Waals surface area contributed by atoms with E-state index in [0.717, 1.165) is 36.0 Å². The molecule has 0 heterocycles. The van der Waals surface area contributed by atoms with Gasteiger partial charge in [0.2, 0.25) is 5.91 Å². The molecule has 7 unspecified atom stereocenters.